The predicted octanol–water partition coefficient (Wildman–Crippen LogP) is -2.19. The van der Waals surface area contributed by atoms with Gasteiger partial charge in [-0.3, -0.25) is 4.57 Å². The minimum absolute atomic E-state index is 0.0953. The van der Waals surface area contributed by atoms with Crippen molar-refractivity contribution >= 4 is 17.0 Å². The van der Waals surface area contributed by atoms with Crippen LogP contribution in [0.3, 0.4) is 0 Å². The summed E-state index contributed by atoms with van der Waals surface area (Å²) in [4.78, 5) is 11.9. The average molecular weight is 267 g/mol. The van der Waals surface area contributed by atoms with Gasteiger partial charge in [-0.05, 0) is 0 Å². The van der Waals surface area contributed by atoms with E-state index in [0.29, 0.717) is 11.2 Å². The Hall–Kier alpha value is -1.81. The van der Waals surface area contributed by atoms with E-state index >= 15 is 0 Å². The molecule has 102 valence electrons. The van der Waals surface area contributed by atoms with Crippen LogP contribution < -0.4 is 5.73 Å². The Morgan fingerprint density at radius 2 is 2.21 bits per heavy atom. The van der Waals surface area contributed by atoms with E-state index in [-0.39, 0.29) is 12.4 Å². The number of rotatable bonds is 2. The Bertz CT molecular complexity index is 617. The molecule has 2 aromatic heterocycles. The van der Waals surface area contributed by atoms with E-state index in [2.05, 4.69) is 15.0 Å². The molecule has 2 aromatic rings. The number of aliphatic hydroxyl groups is 3. The fourth-order valence-electron chi connectivity index (χ4n) is 2.26. The molecule has 0 amide bonds. The third-order valence-corrected chi connectivity index (χ3v) is 3.33. The van der Waals surface area contributed by atoms with Crippen LogP contribution in [0.5, 0.6) is 0 Å². The fraction of sp³-hybridized carbons (Fsp3) is 0.500. The van der Waals surface area contributed by atoms with Crippen molar-refractivity contribution in [2.24, 2.45) is 0 Å². The summed E-state index contributed by atoms with van der Waals surface area (Å²) in [6, 6.07) is 0. The van der Waals surface area contributed by atoms with Crippen LogP contribution in [0.25, 0.3) is 11.2 Å². The van der Waals surface area contributed by atoms with E-state index in [1.54, 1.807) is 0 Å². The predicted molar refractivity (Wildman–Crippen MR) is 62.8 cm³/mol. The molecule has 0 radical (unpaired) electrons. The summed E-state index contributed by atoms with van der Waals surface area (Å²) < 4.78 is 6.74. The highest BCUT2D eigenvalue weighted by Gasteiger charge is 2.51. The van der Waals surface area contributed by atoms with Crippen molar-refractivity contribution in [1.29, 1.82) is 0 Å². The first-order valence-electron chi connectivity index (χ1n) is 5.65. The molecule has 1 saturated heterocycles. The first-order chi connectivity index (χ1) is 9.10. The number of anilines is 1. The van der Waals surface area contributed by atoms with Crippen LogP contribution in [0.15, 0.2) is 12.7 Å². The molecule has 0 aromatic carbocycles. The van der Waals surface area contributed by atoms with Gasteiger partial charge in [0.15, 0.2) is 17.2 Å². The van der Waals surface area contributed by atoms with Crippen LogP contribution >= 0.6 is 0 Å². The maximum atomic E-state index is 10.1. The quantitative estimate of drug-likeness (QED) is 0.481. The Balaban J connectivity index is 2.20. The van der Waals surface area contributed by atoms with Gasteiger partial charge in [0.05, 0.1) is 19.5 Å². The van der Waals surface area contributed by atoms with Crippen LogP contribution in [-0.2, 0) is 10.5 Å². The number of hydrogen-bond acceptors (Lipinski definition) is 8. The smallest absolute Gasteiger partial charge is 0.199 e. The maximum Gasteiger partial charge on any atom is 0.199 e. The first kappa shape index (κ1) is 12.2. The van der Waals surface area contributed by atoms with E-state index in [9.17, 15) is 15.3 Å². The number of nitrogens with zero attached hydrogens (tertiary/aromatic N) is 4. The summed E-state index contributed by atoms with van der Waals surface area (Å²) in [6.07, 6.45) is 0.196. The molecular weight excluding hydrogens is 254 g/mol. The molecule has 1 aliphatic rings. The zero-order valence-electron chi connectivity index (χ0n) is 9.84. The summed E-state index contributed by atoms with van der Waals surface area (Å²) >= 11 is 0. The van der Waals surface area contributed by atoms with Crippen molar-refractivity contribution in [1.82, 2.24) is 19.5 Å². The standard InChI is InChI=1S/C10H13N5O4/c11-8-6-9(13-3-12-8)15(4-14-6)10(2-16)7(18)5(17)1-19-10/h3-5,7,16-18H,1-2H2,(H2,11,12,13)/t5-,7-,10-/m0/s1. The number of hydrogen-bond donors (Lipinski definition) is 4. The van der Waals surface area contributed by atoms with Gasteiger partial charge in [0.2, 0.25) is 0 Å². The summed E-state index contributed by atoms with van der Waals surface area (Å²) in [6.45, 7) is -0.636. The first-order valence-corrected chi connectivity index (χ1v) is 5.65. The molecule has 0 aliphatic carbocycles. The molecule has 0 bridgehead atoms. The normalized spacial score (nSPS) is 31.1. The lowest BCUT2D eigenvalue weighted by Crippen LogP contribution is -2.48. The largest absolute Gasteiger partial charge is 0.391 e. The van der Waals surface area contributed by atoms with Gasteiger partial charge in [0.1, 0.15) is 24.1 Å². The Morgan fingerprint density at radius 1 is 1.42 bits per heavy atom. The minimum atomic E-state index is -1.52. The number of nitrogens with two attached hydrogens (primary N) is 1. The van der Waals surface area contributed by atoms with Crippen molar-refractivity contribution in [3.63, 3.8) is 0 Å². The van der Waals surface area contributed by atoms with Crippen molar-refractivity contribution in [3.8, 4) is 0 Å². The van der Waals surface area contributed by atoms with Gasteiger partial charge >= 0.3 is 0 Å². The Morgan fingerprint density at radius 3 is 2.84 bits per heavy atom. The summed E-state index contributed by atoms with van der Waals surface area (Å²) in [5, 5.41) is 29.2. The second-order valence-corrected chi connectivity index (χ2v) is 4.37. The number of aromatic nitrogens is 4. The topological polar surface area (TPSA) is 140 Å². The zero-order chi connectivity index (χ0) is 13.6. The second-order valence-electron chi connectivity index (χ2n) is 4.37. The van der Waals surface area contributed by atoms with Gasteiger partial charge in [0.25, 0.3) is 0 Å². The number of imidazole rings is 1. The molecule has 0 spiro atoms. The molecule has 1 fully saturated rings. The molecule has 19 heavy (non-hydrogen) atoms. The van der Waals surface area contributed by atoms with Gasteiger partial charge in [-0.1, -0.05) is 0 Å². The van der Waals surface area contributed by atoms with Crippen molar-refractivity contribution in [2.75, 3.05) is 18.9 Å². The maximum absolute atomic E-state index is 10.1. The molecule has 5 N–H and O–H groups in total. The van der Waals surface area contributed by atoms with E-state index in [0.717, 1.165) is 0 Å². The van der Waals surface area contributed by atoms with Crippen LogP contribution in [0, 0.1) is 0 Å². The van der Waals surface area contributed by atoms with Crippen molar-refractivity contribution < 1.29 is 20.1 Å². The van der Waals surface area contributed by atoms with Gasteiger partial charge in [0, 0.05) is 0 Å². The second kappa shape index (κ2) is 4.10. The van der Waals surface area contributed by atoms with Gasteiger partial charge < -0.3 is 25.8 Å². The number of ether oxygens (including phenoxy) is 1. The Labute approximate surface area is 107 Å². The van der Waals surface area contributed by atoms with Gasteiger partial charge in [-0.2, -0.15) is 0 Å². The monoisotopic (exact) mass is 267 g/mol. The van der Waals surface area contributed by atoms with Gasteiger partial charge in [-0.15, -0.1) is 0 Å². The highest BCUT2D eigenvalue weighted by atomic mass is 16.6. The highest BCUT2D eigenvalue weighted by Crippen LogP contribution is 2.33. The molecule has 3 heterocycles. The molecule has 9 heteroatoms. The van der Waals surface area contributed by atoms with Crippen LogP contribution in [0.4, 0.5) is 5.82 Å². The molecular formula is C10H13N5O4. The fourth-order valence-corrected chi connectivity index (χ4v) is 2.26. The van der Waals surface area contributed by atoms with E-state index in [1.165, 1.54) is 17.2 Å². The lowest BCUT2D eigenvalue weighted by Gasteiger charge is -2.31. The van der Waals surface area contributed by atoms with E-state index in [1.807, 2.05) is 0 Å². The molecule has 0 unspecified atom stereocenters. The third-order valence-electron chi connectivity index (χ3n) is 3.33. The SMILES string of the molecule is Nc1ncnc2c1ncn2[C@@]1(CO)OC[C@H](O)[C@@H]1O. The van der Waals surface area contributed by atoms with Gasteiger partial charge in [-0.25, -0.2) is 15.0 Å². The number of nitrogen functional groups attached to an aromatic ring is 1. The molecule has 0 saturated carbocycles. The average Bonchev–Trinajstić information content (AvgIpc) is 2.96. The highest BCUT2D eigenvalue weighted by molar-refractivity contribution is 5.81. The van der Waals surface area contributed by atoms with Crippen molar-refractivity contribution in [2.45, 2.75) is 17.9 Å². The van der Waals surface area contributed by atoms with Crippen molar-refractivity contribution in [3.05, 3.63) is 12.7 Å². The van der Waals surface area contributed by atoms with E-state index in [4.69, 9.17) is 10.5 Å². The molecule has 3 atom stereocenters. The minimum Gasteiger partial charge on any atom is -0.391 e. The summed E-state index contributed by atoms with van der Waals surface area (Å²) in [7, 11) is 0. The summed E-state index contributed by atoms with van der Waals surface area (Å²) in [5.41, 5.74) is 4.81. The lowest BCUT2D eigenvalue weighted by atomic mass is 10.1. The molecule has 3 rings (SSSR count). The van der Waals surface area contributed by atoms with E-state index < -0.39 is 24.5 Å². The van der Waals surface area contributed by atoms with Crippen LogP contribution in [0.1, 0.15) is 0 Å². The zero-order valence-corrected chi connectivity index (χ0v) is 9.84. The lowest BCUT2D eigenvalue weighted by molar-refractivity contribution is -0.149. The summed E-state index contributed by atoms with van der Waals surface area (Å²) in [5.74, 6) is 0.185. The van der Waals surface area contributed by atoms with Crippen LogP contribution in [-0.4, -0.2) is 60.3 Å². The third kappa shape index (κ3) is 1.53. The number of fused-ring (bicyclic) bond motifs is 1. The Kier molecular flexibility index (Phi) is 2.64. The molecule has 9 nitrogen and oxygen atoms in total. The molecule has 1 aliphatic heterocycles. The van der Waals surface area contributed by atoms with Crippen LogP contribution in [0.2, 0.25) is 0 Å². The number of aliphatic hydroxyl groups excluding tert-OH is 3.